The molecule has 11 heteroatoms. The molecule has 9 nitrogen and oxygen atoms in total. The molecule has 0 saturated carbocycles. The molecule has 35 heavy (non-hydrogen) atoms. The fourth-order valence-electron chi connectivity index (χ4n) is 3.74. The maximum atomic E-state index is 13.5. The highest BCUT2D eigenvalue weighted by molar-refractivity contribution is 8.39. The molecule has 182 valence electrons. The maximum Gasteiger partial charge on any atom is 0.340 e. The Bertz CT molecular complexity index is 1170. The Kier molecular flexibility index (Phi) is 7.76. The van der Waals surface area contributed by atoms with Crippen molar-refractivity contribution in [2.75, 3.05) is 29.1 Å². The number of esters is 1. The first-order valence-corrected chi connectivity index (χ1v) is 12.9. The minimum absolute atomic E-state index is 0.198. The number of urea groups is 1. The van der Waals surface area contributed by atoms with Crippen molar-refractivity contribution in [3.05, 3.63) is 60.2 Å². The van der Waals surface area contributed by atoms with Gasteiger partial charge in [0.15, 0.2) is 0 Å². The van der Waals surface area contributed by atoms with Crippen molar-refractivity contribution in [2.45, 2.75) is 25.3 Å². The highest BCUT2D eigenvalue weighted by Gasteiger charge is 2.51. The lowest BCUT2D eigenvalue weighted by Gasteiger charge is -2.39. The average Bonchev–Trinajstić information content (AvgIpc) is 3.27. The summed E-state index contributed by atoms with van der Waals surface area (Å²) in [5.41, 5.74) is 0.915. The van der Waals surface area contributed by atoms with Crippen molar-refractivity contribution in [1.82, 2.24) is 4.90 Å². The Morgan fingerprint density at radius 2 is 1.80 bits per heavy atom. The fraction of sp³-hybridized carbons (Fsp3) is 0.292. The number of anilines is 2. The van der Waals surface area contributed by atoms with Crippen LogP contribution in [0.4, 0.5) is 16.2 Å². The summed E-state index contributed by atoms with van der Waals surface area (Å²) >= 11 is 2.80. The summed E-state index contributed by atoms with van der Waals surface area (Å²) in [7, 11) is 0. The quantitative estimate of drug-likeness (QED) is 0.562. The number of para-hydroxylation sites is 2. The molecule has 1 fully saturated rings. The van der Waals surface area contributed by atoms with Crippen LogP contribution in [0.5, 0.6) is 0 Å². The van der Waals surface area contributed by atoms with E-state index in [4.69, 9.17) is 4.74 Å². The number of carbonyl (C=O) groups is 4. The second-order valence-electron chi connectivity index (χ2n) is 7.51. The van der Waals surface area contributed by atoms with Gasteiger partial charge in [-0.25, -0.2) is 19.5 Å². The van der Waals surface area contributed by atoms with Crippen LogP contribution in [-0.2, 0) is 14.3 Å². The molecular weight excluding hydrogens is 488 g/mol. The van der Waals surface area contributed by atoms with Gasteiger partial charge in [-0.05, 0) is 36.9 Å². The fourth-order valence-corrected chi connectivity index (χ4v) is 6.03. The number of benzene rings is 2. The largest absolute Gasteiger partial charge is 0.462 e. The van der Waals surface area contributed by atoms with E-state index in [1.165, 1.54) is 28.4 Å². The second kappa shape index (κ2) is 11.0. The molecule has 2 aromatic rings. The standard InChI is InChI=1S/C24H24N4O5S2/c1-3-33-22(31)16-12-8-9-13-17(16)25-18(29)14-27-20-19(35-23(26-20)34-4-2)21(30)28(24(27)32)15-10-6-5-7-11-15/h5-13,19-20H,3-4,14H2,1-2H3,(H,25,29). The van der Waals surface area contributed by atoms with E-state index in [1.54, 1.807) is 61.5 Å². The van der Waals surface area contributed by atoms with Crippen molar-refractivity contribution < 1.29 is 23.9 Å². The molecular formula is C24H24N4O5S2. The number of hydrogen-bond acceptors (Lipinski definition) is 8. The van der Waals surface area contributed by atoms with E-state index in [0.29, 0.717) is 10.1 Å². The van der Waals surface area contributed by atoms with Crippen molar-refractivity contribution in [2.24, 2.45) is 4.99 Å². The summed E-state index contributed by atoms with van der Waals surface area (Å²) in [6, 6.07) is 14.5. The summed E-state index contributed by atoms with van der Waals surface area (Å²) in [6.07, 6.45) is -0.792. The summed E-state index contributed by atoms with van der Waals surface area (Å²) in [5, 5.41) is 2.05. The Morgan fingerprint density at radius 1 is 1.09 bits per heavy atom. The molecule has 1 N–H and O–H groups in total. The number of thioether (sulfide) groups is 2. The molecule has 2 aliphatic heterocycles. The molecule has 4 amide bonds. The van der Waals surface area contributed by atoms with Crippen LogP contribution >= 0.6 is 23.5 Å². The molecule has 0 bridgehead atoms. The molecule has 2 aromatic carbocycles. The van der Waals surface area contributed by atoms with Crippen LogP contribution in [0.15, 0.2) is 59.6 Å². The highest BCUT2D eigenvalue weighted by atomic mass is 32.2. The molecule has 4 rings (SSSR count). The van der Waals surface area contributed by atoms with E-state index >= 15 is 0 Å². The molecule has 0 radical (unpaired) electrons. The number of hydrogen-bond donors (Lipinski definition) is 1. The van der Waals surface area contributed by atoms with Gasteiger partial charge in [-0.3, -0.25) is 14.5 Å². The minimum Gasteiger partial charge on any atom is -0.462 e. The van der Waals surface area contributed by atoms with Gasteiger partial charge in [-0.15, -0.1) is 11.8 Å². The predicted molar refractivity (Wildman–Crippen MR) is 138 cm³/mol. The third-order valence-electron chi connectivity index (χ3n) is 5.25. The van der Waals surface area contributed by atoms with Gasteiger partial charge >= 0.3 is 12.0 Å². The highest BCUT2D eigenvalue weighted by Crippen LogP contribution is 2.39. The normalized spacial score (nSPS) is 19.3. The van der Waals surface area contributed by atoms with Crippen LogP contribution in [0.25, 0.3) is 0 Å². The zero-order valence-electron chi connectivity index (χ0n) is 19.2. The van der Waals surface area contributed by atoms with Gasteiger partial charge in [0, 0.05) is 0 Å². The number of aliphatic imine (C=N–C) groups is 1. The third kappa shape index (κ3) is 5.20. The summed E-state index contributed by atoms with van der Waals surface area (Å²) < 4.78 is 5.77. The lowest BCUT2D eigenvalue weighted by molar-refractivity contribution is -0.122. The Balaban J connectivity index is 1.60. The lowest BCUT2D eigenvalue weighted by Crippen LogP contribution is -2.63. The maximum absolute atomic E-state index is 13.5. The van der Waals surface area contributed by atoms with E-state index in [-0.39, 0.29) is 30.3 Å². The van der Waals surface area contributed by atoms with E-state index in [2.05, 4.69) is 10.3 Å². The Hall–Kier alpha value is -3.31. The minimum atomic E-state index is -0.792. The molecule has 2 aliphatic rings. The van der Waals surface area contributed by atoms with Gasteiger partial charge in [-0.2, -0.15) is 0 Å². The molecule has 2 unspecified atom stereocenters. The van der Waals surface area contributed by atoms with Crippen molar-refractivity contribution in [3.8, 4) is 0 Å². The first-order chi connectivity index (χ1) is 16.9. The number of nitrogens with zero attached hydrogens (tertiary/aromatic N) is 3. The number of imide groups is 1. The first-order valence-electron chi connectivity index (χ1n) is 11.1. The monoisotopic (exact) mass is 512 g/mol. The van der Waals surface area contributed by atoms with Crippen LogP contribution < -0.4 is 10.2 Å². The molecule has 1 saturated heterocycles. The average molecular weight is 513 g/mol. The van der Waals surface area contributed by atoms with Gasteiger partial charge in [0.25, 0.3) is 5.91 Å². The zero-order chi connectivity index (χ0) is 24.9. The van der Waals surface area contributed by atoms with Gasteiger partial charge in [0.2, 0.25) is 5.91 Å². The van der Waals surface area contributed by atoms with Crippen molar-refractivity contribution in [3.63, 3.8) is 0 Å². The van der Waals surface area contributed by atoms with Gasteiger partial charge in [-0.1, -0.05) is 49.0 Å². The molecule has 0 aliphatic carbocycles. The number of fused-ring (bicyclic) bond motifs is 1. The first kappa shape index (κ1) is 24.8. The van der Waals surface area contributed by atoms with Crippen LogP contribution in [0, 0.1) is 0 Å². The second-order valence-corrected chi connectivity index (χ2v) is 10.2. The number of carbonyl (C=O) groups excluding carboxylic acids is 4. The molecule has 0 spiro atoms. The summed E-state index contributed by atoms with van der Waals surface area (Å²) in [5.74, 6) is -0.679. The van der Waals surface area contributed by atoms with E-state index in [0.717, 1.165) is 10.7 Å². The SMILES string of the molecule is CCOC(=O)c1ccccc1NC(=O)CN1C(=O)N(c2ccccc2)C(=O)C2SC(SCC)=NC21. The number of rotatable bonds is 7. The van der Waals surface area contributed by atoms with Crippen molar-refractivity contribution >= 4 is 63.1 Å². The third-order valence-corrected chi connectivity index (χ3v) is 7.54. The molecule has 2 atom stereocenters. The molecule has 0 aromatic heterocycles. The van der Waals surface area contributed by atoms with Gasteiger partial charge < -0.3 is 10.1 Å². The van der Waals surface area contributed by atoms with Gasteiger partial charge in [0.05, 0.1) is 23.5 Å². The summed E-state index contributed by atoms with van der Waals surface area (Å²) in [4.78, 5) is 59.1. The van der Waals surface area contributed by atoms with Gasteiger partial charge in [0.1, 0.15) is 22.3 Å². The van der Waals surface area contributed by atoms with Crippen LogP contribution in [0.3, 0.4) is 0 Å². The summed E-state index contributed by atoms with van der Waals surface area (Å²) in [6.45, 7) is 3.53. The lowest BCUT2D eigenvalue weighted by atomic mass is 10.1. The van der Waals surface area contributed by atoms with E-state index in [1.807, 2.05) is 6.92 Å². The van der Waals surface area contributed by atoms with Crippen molar-refractivity contribution in [1.29, 1.82) is 0 Å². The van der Waals surface area contributed by atoms with Crippen LogP contribution in [-0.4, -0.2) is 63.4 Å². The Morgan fingerprint density at radius 3 is 2.51 bits per heavy atom. The smallest absolute Gasteiger partial charge is 0.340 e. The Labute approximate surface area is 211 Å². The number of amides is 4. The van der Waals surface area contributed by atoms with Crippen LogP contribution in [0.1, 0.15) is 24.2 Å². The molecule has 2 heterocycles. The number of nitrogens with one attached hydrogen (secondary N) is 1. The topological polar surface area (TPSA) is 108 Å². The van der Waals surface area contributed by atoms with E-state index < -0.39 is 29.3 Å². The van der Waals surface area contributed by atoms with E-state index in [9.17, 15) is 19.2 Å². The number of ether oxygens (including phenoxy) is 1. The zero-order valence-corrected chi connectivity index (χ0v) is 20.8. The predicted octanol–water partition coefficient (Wildman–Crippen LogP) is 3.82. The van der Waals surface area contributed by atoms with Crippen LogP contribution in [0.2, 0.25) is 0 Å².